The summed E-state index contributed by atoms with van der Waals surface area (Å²) in [6.45, 7) is 1.94. The molecule has 4 aromatic rings. The Morgan fingerprint density at radius 1 is 1.03 bits per heavy atom. The molecule has 0 amide bonds. The Kier molecular flexibility index (Phi) is 6.07. The quantitative estimate of drug-likeness (QED) is 0.465. The summed E-state index contributed by atoms with van der Waals surface area (Å²) in [5.41, 5.74) is 2.51. The number of ether oxygens (including phenoxy) is 1. The van der Waals surface area contributed by atoms with E-state index in [9.17, 15) is 13.2 Å². The van der Waals surface area contributed by atoms with E-state index in [1.165, 1.54) is 23.5 Å². The number of H-pyrrole nitrogens is 1. The normalized spacial score (nSPS) is 11.7. The van der Waals surface area contributed by atoms with E-state index in [2.05, 4.69) is 9.97 Å². The fraction of sp³-hybridized carbons (Fsp3) is 0.167. The molecule has 32 heavy (non-hydrogen) atoms. The molecule has 0 fully saturated rings. The molecule has 0 aliphatic heterocycles. The van der Waals surface area contributed by atoms with Gasteiger partial charge in [-0.05, 0) is 65.9 Å². The molecule has 0 spiro atoms. The van der Waals surface area contributed by atoms with E-state index in [0.717, 1.165) is 22.0 Å². The fourth-order valence-electron chi connectivity index (χ4n) is 3.49. The van der Waals surface area contributed by atoms with Crippen molar-refractivity contribution in [2.24, 2.45) is 0 Å². The van der Waals surface area contributed by atoms with Crippen LogP contribution in [0.1, 0.15) is 16.7 Å². The highest BCUT2D eigenvalue weighted by atomic mass is 32.2. The Hall–Kier alpha value is -3.49. The Bertz CT molecular complexity index is 1400. The molecule has 2 aromatic carbocycles. The number of nitrogens with one attached hydrogen (secondary N) is 1. The average molecular weight is 450 g/mol. The van der Waals surface area contributed by atoms with E-state index in [-0.39, 0.29) is 23.5 Å². The summed E-state index contributed by atoms with van der Waals surface area (Å²) in [7, 11) is -2.38. The first-order valence-electron chi connectivity index (χ1n) is 10.0. The highest BCUT2D eigenvalue weighted by Crippen LogP contribution is 2.23. The summed E-state index contributed by atoms with van der Waals surface area (Å²) in [5, 5.41) is 0.841. The molecule has 7 nitrogen and oxygen atoms in total. The summed E-state index contributed by atoms with van der Waals surface area (Å²) >= 11 is 0. The van der Waals surface area contributed by atoms with Gasteiger partial charge in [-0.15, -0.1) is 0 Å². The Morgan fingerprint density at radius 2 is 1.81 bits per heavy atom. The number of sulfonamides is 1. The molecule has 0 saturated heterocycles. The van der Waals surface area contributed by atoms with Gasteiger partial charge in [-0.25, -0.2) is 8.42 Å². The molecule has 8 heteroatoms. The predicted octanol–water partition coefficient (Wildman–Crippen LogP) is 3.63. The fourth-order valence-corrected chi connectivity index (χ4v) is 4.89. The Balaban J connectivity index is 1.75. The zero-order chi connectivity index (χ0) is 22.7. The van der Waals surface area contributed by atoms with Gasteiger partial charge < -0.3 is 9.72 Å². The summed E-state index contributed by atoms with van der Waals surface area (Å²) in [6.07, 6.45) is 3.24. The van der Waals surface area contributed by atoms with E-state index in [4.69, 9.17) is 4.74 Å². The first kappa shape index (κ1) is 21.7. The van der Waals surface area contributed by atoms with Crippen LogP contribution < -0.4 is 10.3 Å². The van der Waals surface area contributed by atoms with Crippen LogP contribution in [0, 0.1) is 6.92 Å². The van der Waals surface area contributed by atoms with Crippen molar-refractivity contribution in [3.05, 3.63) is 100 Å². The molecule has 4 rings (SSSR count). The van der Waals surface area contributed by atoms with Crippen molar-refractivity contribution < 1.29 is 13.2 Å². The van der Waals surface area contributed by atoms with Gasteiger partial charge in [0, 0.05) is 36.6 Å². The maximum Gasteiger partial charge on any atom is 0.252 e. The van der Waals surface area contributed by atoms with Crippen LogP contribution >= 0.6 is 0 Å². The van der Waals surface area contributed by atoms with Gasteiger partial charge in [-0.1, -0.05) is 18.2 Å². The lowest BCUT2D eigenvalue weighted by atomic mass is 10.1. The number of methoxy groups -OCH3 is 1. The number of aromatic nitrogens is 2. The standard InChI is InChI=1S/C24H23N3O4S/c1-17-5-6-19-13-20(24(28)26-23(19)12-17)16-27(15-18-4-3-11-25-14-18)32(29,30)22-9-7-21(31-2)8-10-22/h3-14H,15-16H2,1-2H3,(H,26,28). The molecule has 0 aliphatic rings. The number of rotatable bonds is 7. The van der Waals surface area contributed by atoms with Crippen LogP contribution in [-0.4, -0.2) is 29.8 Å². The third-order valence-electron chi connectivity index (χ3n) is 5.20. The van der Waals surface area contributed by atoms with Gasteiger partial charge in [0.2, 0.25) is 10.0 Å². The smallest absolute Gasteiger partial charge is 0.252 e. The van der Waals surface area contributed by atoms with Crippen molar-refractivity contribution >= 4 is 20.9 Å². The molecule has 2 aromatic heterocycles. The summed E-state index contributed by atoms with van der Waals surface area (Å²) in [4.78, 5) is 19.8. The Labute approximate surface area is 186 Å². The largest absolute Gasteiger partial charge is 0.497 e. The van der Waals surface area contributed by atoms with Crippen LogP contribution in [0.3, 0.4) is 0 Å². The zero-order valence-electron chi connectivity index (χ0n) is 17.8. The molecule has 0 atom stereocenters. The second-order valence-electron chi connectivity index (χ2n) is 7.52. The van der Waals surface area contributed by atoms with Crippen LogP contribution in [0.15, 0.2) is 82.7 Å². The minimum atomic E-state index is -3.90. The number of nitrogens with zero attached hydrogens (tertiary/aromatic N) is 2. The highest BCUT2D eigenvalue weighted by Gasteiger charge is 2.26. The molecule has 0 radical (unpaired) electrons. The molecular weight excluding hydrogens is 426 g/mol. The lowest BCUT2D eigenvalue weighted by molar-refractivity contribution is 0.398. The minimum absolute atomic E-state index is 0.0770. The van der Waals surface area contributed by atoms with Gasteiger partial charge in [-0.2, -0.15) is 4.31 Å². The van der Waals surface area contributed by atoms with Crippen LogP contribution in [0.5, 0.6) is 5.75 Å². The van der Waals surface area contributed by atoms with Crippen LogP contribution in [-0.2, 0) is 23.1 Å². The van der Waals surface area contributed by atoms with Gasteiger partial charge in [-0.3, -0.25) is 9.78 Å². The first-order valence-corrected chi connectivity index (χ1v) is 11.5. The summed E-state index contributed by atoms with van der Waals surface area (Å²) < 4.78 is 33.5. The van der Waals surface area contributed by atoms with E-state index in [0.29, 0.717) is 11.3 Å². The molecule has 0 aliphatic carbocycles. The van der Waals surface area contributed by atoms with E-state index in [1.54, 1.807) is 42.7 Å². The number of benzene rings is 2. The van der Waals surface area contributed by atoms with Gasteiger partial charge >= 0.3 is 0 Å². The molecule has 2 heterocycles. The number of fused-ring (bicyclic) bond motifs is 1. The van der Waals surface area contributed by atoms with Crippen molar-refractivity contribution in [2.75, 3.05) is 7.11 Å². The van der Waals surface area contributed by atoms with Gasteiger partial charge in [0.1, 0.15) is 5.75 Å². The maximum atomic E-state index is 13.5. The summed E-state index contributed by atoms with van der Waals surface area (Å²) in [5.74, 6) is 0.559. The van der Waals surface area contributed by atoms with E-state index < -0.39 is 10.0 Å². The monoisotopic (exact) mass is 449 g/mol. The van der Waals surface area contributed by atoms with Crippen molar-refractivity contribution in [3.63, 3.8) is 0 Å². The SMILES string of the molecule is COc1ccc(S(=O)(=O)N(Cc2cccnc2)Cc2cc3ccc(C)cc3[nH]c2=O)cc1. The number of hydrogen-bond donors (Lipinski definition) is 1. The van der Waals surface area contributed by atoms with E-state index >= 15 is 0 Å². The van der Waals surface area contributed by atoms with Crippen LogP contribution in [0.4, 0.5) is 0 Å². The first-order chi connectivity index (χ1) is 15.4. The third kappa shape index (κ3) is 4.56. The lowest BCUT2D eigenvalue weighted by Gasteiger charge is -2.22. The second-order valence-corrected chi connectivity index (χ2v) is 9.46. The number of pyridine rings is 2. The molecule has 164 valence electrons. The second kappa shape index (κ2) is 8.94. The molecule has 0 unspecified atom stereocenters. The van der Waals surface area contributed by atoms with Crippen LogP contribution in [0.25, 0.3) is 10.9 Å². The third-order valence-corrected chi connectivity index (χ3v) is 7.01. The number of aromatic amines is 1. The lowest BCUT2D eigenvalue weighted by Crippen LogP contribution is -2.32. The van der Waals surface area contributed by atoms with Gasteiger partial charge in [0.05, 0.1) is 12.0 Å². The van der Waals surface area contributed by atoms with Crippen molar-refractivity contribution in [3.8, 4) is 5.75 Å². The van der Waals surface area contributed by atoms with Crippen molar-refractivity contribution in [1.82, 2.24) is 14.3 Å². The summed E-state index contributed by atoms with van der Waals surface area (Å²) in [6, 6.07) is 17.2. The average Bonchev–Trinajstić information content (AvgIpc) is 2.80. The Morgan fingerprint density at radius 3 is 2.50 bits per heavy atom. The maximum absolute atomic E-state index is 13.5. The van der Waals surface area contributed by atoms with Crippen LogP contribution in [0.2, 0.25) is 0 Å². The number of hydrogen-bond acceptors (Lipinski definition) is 5. The number of aryl methyl sites for hydroxylation is 1. The van der Waals surface area contributed by atoms with Gasteiger partial charge in [0.15, 0.2) is 0 Å². The van der Waals surface area contributed by atoms with Crippen molar-refractivity contribution in [1.29, 1.82) is 0 Å². The predicted molar refractivity (Wildman–Crippen MR) is 123 cm³/mol. The highest BCUT2D eigenvalue weighted by molar-refractivity contribution is 7.89. The van der Waals surface area contributed by atoms with E-state index in [1.807, 2.05) is 25.1 Å². The molecular formula is C24H23N3O4S. The van der Waals surface area contributed by atoms with Crippen molar-refractivity contribution in [2.45, 2.75) is 24.9 Å². The molecule has 0 bridgehead atoms. The zero-order valence-corrected chi connectivity index (χ0v) is 18.6. The minimum Gasteiger partial charge on any atom is -0.497 e. The topological polar surface area (TPSA) is 92.4 Å². The molecule has 1 N–H and O–H groups in total. The molecule has 0 saturated carbocycles. The van der Waals surface area contributed by atoms with Gasteiger partial charge in [0.25, 0.3) is 5.56 Å².